The first-order valence-corrected chi connectivity index (χ1v) is 6.31. The van der Waals surface area contributed by atoms with Crippen molar-refractivity contribution in [1.29, 1.82) is 0 Å². The number of rotatable bonds is 4. The molecule has 2 aromatic rings. The first kappa shape index (κ1) is 13.9. The smallest absolute Gasteiger partial charge is 0.257 e. The van der Waals surface area contributed by atoms with Gasteiger partial charge in [-0.1, -0.05) is 12.1 Å². The molecule has 0 aliphatic heterocycles. The molecule has 0 saturated carbocycles. The molecule has 0 spiro atoms. The number of benzene rings is 1. The van der Waals surface area contributed by atoms with Gasteiger partial charge < -0.3 is 14.6 Å². The van der Waals surface area contributed by atoms with Crippen LogP contribution in [0.5, 0.6) is 5.75 Å². The van der Waals surface area contributed by atoms with E-state index in [1.165, 1.54) is 22.9 Å². The highest BCUT2D eigenvalue weighted by molar-refractivity contribution is 6.04. The van der Waals surface area contributed by atoms with Crippen molar-refractivity contribution in [3.8, 4) is 5.75 Å². The van der Waals surface area contributed by atoms with Gasteiger partial charge in [-0.3, -0.25) is 9.59 Å². The Balaban J connectivity index is 2.23. The number of nitrogens with one attached hydrogen (secondary N) is 1. The summed E-state index contributed by atoms with van der Waals surface area (Å²) in [6.07, 6.45) is 1.50. The number of nitrogens with zero attached hydrogens (tertiary/aromatic N) is 1. The van der Waals surface area contributed by atoms with Crippen LogP contribution in [0.4, 0.5) is 5.69 Å². The molecule has 0 aliphatic rings. The van der Waals surface area contributed by atoms with E-state index < -0.39 is 0 Å². The Morgan fingerprint density at radius 1 is 1.25 bits per heavy atom. The van der Waals surface area contributed by atoms with E-state index in [4.69, 9.17) is 4.74 Å². The van der Waals surface area contributed by atoms with Crippen LogP contribution in [0.3, 0.4) is 0 Å². The van der Waals surface area contributed by atoms with E-state index in [9.17, 15) is 9.59 Å². The predicted octanol–water partition coefficient (Wildman–Crippen LogP) is 2.04. The normalized spacial score (nSPS) is 10.1. The number of para-hydroxylation sites is 2. The fourth-order valence-corrected chi connectivity index (χ4v) is 1.77. The summed E-state index contributed by atoms with van der Waals surface area (Å²) in [7, 11) is 1.60. The third kappa shape index (κ3) is 3.06. The maximum Gasteiger partial charge on any atom is 0.257 e. The lowest BCUT2D eigenvalue weighted by molar-refractivity contribution is 0.102. The summed E-state index contributed by atoms with van der Waals surface area (Å²) in [5.41, 5.74) is 0.864. The molecule has 0 atom stereocenters. The van der Waals surface area contributed by atoms with E-state index in [1.54, 1.807) is 19.2 Å². The summed E-state index contributed by atoms with van der Waals surface area (Å²) < 4.78 is 6.81. The van der Waals surface area contributed by atoms with E-state index in [0.29, 0.717) is 23.6 Å². The highest BCUT2D eigenvalue weighted by atomic mass is 16.5. The topological polar surface area (TPSA) is 60.3 Å². The van der Waals surface area contributed by atoms with Crippen molar-refractivity contribution in [1.82, 2.24) is 4.57 Å². The number of amides is 1. The molecule has 0 unspecified atom stereocenters. The van der Waals surface area contributed by atoms with Crippen molar-refractivity contribution in [2.45, 2.75) is 6.92 Å². The lowest BCUT2D eigenvalue weighted by Gasteiger charge is -2.11. The lowest BCUT2D eigenvalue weighted by Crippen LogP contribution is -2.19. The average Bonchev–Trinajstić information content (AvgIpc) is 2.44. The molecule has 1 amide bonds. The van der Waals surface area contributed by atoms with Crippen molar-refractivity contribution < 1.29 is 9.53 Å². The quantitative estimate of drug-likeness (QED) is 0.926. The number of hydrogen-bond acceptors (Lipinski definition) is 3. The molecule has 20 heavy (non-hydrogen) atoms. The van der Waals surface area contributed by atoms with Crippen molar-refractivity contribution in [3.63, 3.8) is 0 Å². The van der Waals surface area contributed by atoms with Crippen molar-refractivity contribution in [2.75, 3.05) is 11.9 Å². The largest absolute Gasteiger partial charge is 0.492 e. The van der Waals surface area contributed by atoms with Gasteiger partial charge in [-0.25, -0.2) is 0 Å². The van der Waals surface area contributed by atoms with Crippen LogP contribution >= 0.6 is 0 Å². The van der Waals surface area contributed by atoms with Gasteiger partial charge in [-0.15, -0.1) is 0 Å². The second kappa shape index (κ2) is 6.06. The Labute approximate surface area is 116 Å². The summed E-state index contributed by atoms with van der Waals surface area (Å²) in [5.74, 6) is 0.334. The zero-order valence-corrected chi connectivity index (χ0v) is 11.4. The molecule has 0 fully saturated rings. The number of aromatic nitrogens is 1. The van der Waals surface area contributed by atoms with Crippen molar-refractivity contribution >= 4 is 11.6 Å². The Kier molecular flexibility index (Phi) is 4.20. The predicted molar refractivity (Wildman–Crippen MR) is 77.2 cm³/mol. The molecule has 1 aromatic heterocycles. The van der Waals surface area contributed by atoms with Gasteiger partial charge in [0, 0.05) is 19.3 Å². The highest BCUT2D eigenvalue weighted by Crippen LogP contribution is 2.24. The summed E-state index contributed by atoms with van der Waals surface area (Å²) in [5, 5.41) is 2.78. The molecular formula is C15H16N2O3. The van der Waals surface area contributed by atoms with Gasteiger partial charge in [0.15, 0.2) is 0 Å². The molecule has 0 aliphatic carbocycles. The Hall–Kier alpha value is -2.56. The summed E-state index contributed by atoms with van der Waals surface area (Å²) in [6.45, 7) is 2.40. The first-order chi connectivity index (χ1) is 9.61. The molecule has 1 N–H and O–H groups in total. The summed E-state index contributed by atoms with van der Waals surface area (Å²) >= 11 is 0. The SMILES string of the molecule is CCOc1ccccc1NC(=O)c1ccc(=O)n(C)c1. The number of ether oxygens (including phenoxy) is 1. The summed E-state index contributed by atoms with van der Waals surface area (Å²) in [6, 6.07) is 10.1. The van der Waals surface area contributed by atoms with Gasteiger partial charge in [0.1, 0.15) is 5.75 Å². The first-order valence-electron chi connectivity index (χ1n) is 6.31. The van der Waals surface area contributed by atoms with Gasteiger partial charge in [0.05, 0.1) is 17.9 Å². The van der Waals surface area contributed by atoms with Crippen LogP contribution in [-0.2, 0) is 7.05 Å². The number of carbonyl (C=O) groups is 1. The number of aryl methyl sites for hydroxylation is 1. The zero-order chi connectivity index (χ0) is 14.5. The van der Waals surface area contributed by atoms with Gasteiger partial charge in [0.2, 0.25) is 5.56 Å². The Morgan fingerprint density at radius 2 is 2.00 bits per heavy atom. The monoisotopic (exact) mass is 272 g/mol. The molecule has 0 saturated heterocycles. The second-order valence-electron chi connectivity index (χ2n) is 4.25. The van der Waals surface area contributed by atoms with Crippen molar-refractivity contribution in [3.05, 3.63) is 58.5 Å². The van der Waals surface area contributed by atoms with E-state index >= 15 is 0 Å². The fraction of sp³-hybridized carbons (Fsp3) is 0.200. The zero-order valence-electron chi connectivity index (χ0n) is 11.4. The summed E-state index contributed by atoms with van der Waals surface area (Å²) in [4.78, 5) is 23.5. The molecular weight excluding hydrogens is 256 g/mol. The Bertz CT molecular complexity index is 677. The molecule has 1 heterocycles. The second-order valence-corrected chi connectivity index (χ2v) is 4.25. The number of anilines is 1. The molecule has 0 bridgehead atoms. The standard InChI is InChI=1S/C15H16N2O3/c1-3-20-13-7-5-4-6-12(13)16-15(19)11-8-9-14(18)17(2)10-11/h4-10H,3H2,1-2H3,(H,16,19). The maximum atomic E-state index is 12.2. The van der Waals surface area contributed by atoms with Crippen LogP contribution < -0.4 is 15.6 Å². The van der Waals surface area contributed by atoms with Crippen LogP contribution in [0, 0.1) is 0 Å². The lowest BCUT2D eigenvalue weighted by atomic mass is 10.2. The molecule has 0 radical (unpaired) electrons. The van der Waals surface area contributed by atoms with Gasteiger partial charge >= 0.3 is 0 Å². The van der Waals surface area contributed by atoms with E-state index in [1.807, 2.05) is 19.1 Å². The number of pyridine rings is 1. The van der Waals surface area contributed by atoms with Crippen LogP contribution in [0.25, 0.3) is 0 Å². The van der Waals surface area contributed by atoms with Crippen LogP contribution in [0.1, 0.15) is 17.3 Å². The molecule has 5 heteroatoms. The van der Waals surface area contributed by atoms with Gasteiger partial charge in [-0.05, 0) is 25.1 Å². The average molecular weight is 272 g/mol. The number of carbonyl (C=O) groups excluding carboxylic acids is 1. The molecule has 1 aromatic carbocycles. The molecule has 104 valence electrons. The van der Waals surface area contributed by atoms with Gasteiger partial charge in [-0.2, -0.15) is 0 Å². The fourth-order valence-electron chi connectivity index (χ4n) is 1.77. The van der Waals surface area contributed by atoms with Crippen LogP contribution in [-0.4, -0.2) is 17.1 Å². The van der Waals surface area contributed by atoms with Gasteiger partial charge in [0.25, 0.3) is 5.91 Å². The number of hydrogen-bond donors (Lipinski definition) is 1. The van der Waals surface area contributed by atoms with Crippen molar-refractivity contribution in [2.24, 2.45) is 7.05 Å². The maximum absolute atomic E-state index is 12.2. The third-order valence-electron chi connectivity index (χ3n) is 2.78. The van der Waals surface area contributed by atoms with E-state index in [2.05, 4.69) is 5.32 Å². The van der Waals surface area contributed by atoms with E-state index in [-0.39, 0.29) is 11.5 Å². The molecule has 2 rings (SSSR count). The van der Waals surface area contributed by atoms with Crippen LogP contribution in [0.2, 0.25) is 0 Å². The van der Waals surface area contributed by atoms with E-state index in [0.717, 1.165) is 0 Å². The third-order valence-corrected chi connectivity index (χ3v) is 2.78. The highest BCUT2D eigenvalue weighted by Gasteiger charge is 2.10. The Morgan fingerprint density at radius 3 is 2.70 bits per heavy atom. The minimum atomic E-state index is -0.284. The van der Waals surface area contributed by atoms with Crippen LogP contribution in [0.15, 0.2) is 47.4 Å². The molecule has 5 nitrogen and oxygen atoms in total. The minimum absolute atomic E-state index is 0.156. The minimum Gasteiger partial charge on any atom is -0.492 e.